The molecule has 1 heterocycles. The molecule has 0 saturated heterocycles. The Morgan fingerprint density at radius 2 is 1.80 bits per heavy atom. The summed E-state index contributed by atoms with van der Waals surface area (Å²) in [6, 6.07) is 5.86. The highest BCUT2D eigenvalue weighted by Gasteiger charge is 2.21. The van der Waals surface area contributed by atoms with Gasteiger partial charge in [0.2, 0.25) is 0 Å². The molecular weight excluding hydrogens is 321 g/mol. The summed E-state index contributed by atoms with van der Waals surface area (Å²) in [6.07, 6.45) is 2.96. The Bertz CT molecular complexity index is 721. The lowest BCUT2D eigenvalue weighted by Crippen LogP contribution is -2.14. The molecule has 1 aromatic carbocycles. The van der Waals surface area contributed by atoms with Crippen molar-refractivity contribution in [3.63, 3.8) is 0 Å². The van der Waals surface area contributed by atoms with Gasteiger partial charge in [0.15, 0.2) is 0 Å². The van der Waals surface area contributed by atoms with E-state index in [2.05, 4.69) is 9.71 Å². The molecule has 0 amide bonds. The molecule has 0 spiro atoms. The number of pyridine rings is 1. The summed E-state index contributed by atoms with van der Waals surface area (Å²) in [5.41, 5.74) is 6.31. The van der Waals surface area contributed by atoms with Gasteiger partial charge in [-0.3, -0.25) is 9.71 Å². The third kappa shape index (κ3) is 3.04. The van der Waals surface area contributed by atoms with Crippen molar-refractivity contribution in [3.8, 4) is 0 Å². The second kappa shape index (κ2) is 5.97. The van der Waals surface area contributed by atoms with Crippen LogP contribution in [-0.2, 0) is 16.6 Å². The minimum absolute atomic E-state index is 0.0292. The van der Waals surface area contributed by atoms with E-state index in [0.717, 1.165) is 0 Å². The van der Waals surface area contributed by atoms with Crippen LogP contribution in [0.2, 0.25) is 10.0 Å². The third-order valence-corrected chi connectivity index (χ3v) is 4.90. The fourth-order valence-corrected chi connectivity index (χ4v) is 3.59. The number of benzene rings is 1. The number of rotatable bonds is 4. The van der Waals surface area contributed by atoms with Crippen molar-refractivity contribution in [1.29, 1.82) is 0 Å². The SMILES string of the molecule is NCc1c(Cl)ccc(S(=O)(=O)Nc2ccncc2)c1Cl. The maximum Gasteiger partial charge on any atom is 0.263 e. The number of sulfonamides is 1. The lowest BCUT2D eigenvalue weighted by molar-refractivity contribution is 0.601. The molecular formula is C12H11Cl2N3O2S. The minimum Gasteiger partial charge on any atom is -0.326 e. The summed E-state index contributed by atoms with van der Waals surface area (Å²) in [4.78, 5) is 3.74. The van der Waals surface area contributed by atoms with Crippen LogP contribution in [0.3, 0.4) is 0 Å². The summed E-state index contributed by atoms with van der Waals surface area (Å²) >= 11 is 12.0. The molecule has 0 unspecified atom stereocenters. The molecule has 2 aromatic rings. The zero-order valence-corrected chi connectivity index (χ0v) is 12.5. The van der Waals surface area contributed by atoms with Crippen molar-refractivity contribution in [2.24, 2.45) is 5.73 Å². The van der Waals surface area contributed by atoms with Gasteiger partial charge < -0.3 is 5.73 Å². The van der Waals surface area contributed by atoms with Crippen LogP contribution < -0.4 is 10.5 Å². The van der Waals surface area contributed by atoms with Gasteiger partial charge in [0.1, 0.15) is 4.90 Å². The van der Waals surface area contributed by atoms with Crippen molar-refractivity contribution in [2.45, 2.75) is 11.4 Å². The summed E-state index contributed by atoms with van der Waals surface area (Å²) in [7, 11) is -3.82. The van der Waals surface area contributed by atoms with Gasteiger partial charge in [-0.2, -0.15) is 0 Å². The molecule has 20 heavy (non-hydrogen) atoms. The molecule has 0 aliphatic heterocycles. The lowest BCUT2D eigenvalue weighted by Gasteiger charge is -2.12. The Labute approximate surface area is 126 Å². The minimum atomic E-state index is -3.82. The average molecular weight is 332 g/mol. The summed E-state index contributed by atoms with van der Waals surface area (Å²) in [5, 5.41) is 0.363. The molecule has 0 radical (unpaired) electrons. The summed E-state index contributed by atoms with van der Waals surface area (Å²) in [5.74, 6) is 0. The fourth-order valence-electron chi connectivity index (χ4n) is 1.60. The Morgan fingerprint density at radius 1 is 1.15 bits per heavy atom. The molecule has 5 nitrogen and oxygen atoms in total. The monoisotopic (exact) mass is 331 g/mol. The normalized spacial score (nSPS) is 11.3. The van der Waals surface area contributed by atoms with Crippen molar-refractivity contribution >= 4 is 38.9 Å². The van der Waals surface area contributed by atoms with Crippen LogP contribution in [0.15, 0.2) is 41.6 Å². The van der Waals surface area contributed by atoms with Crippen LogP contribution >= 0.6 is 23.2 Å². The molecule has 0 aliphatic rings. The van der Waals surface area contributed by atoms with Crippen LogP contribution in [0.25, 0.3) is 0 Å². The van der Waals surface area contributed by atoms with E-state index < -0.39 is 10.0 Å². The molecule has 0 fully saturated rings. The Hall–Kier alpha value is -1.34. The molecule has 0 bridgehead atoms. The standard InChI is InChI=1S/C12H11Cl2N3O2S/c13-10-1-2-11(12(14)9(10)7-15)20(18,19)17-8-3-5-16-6-4-8/h1-6H,7,15H2,(H,16,17). The quantitative estimate of drug-likeness (QED) is 0.901. The molecule has 2 rings (SSSR count). The first-order valence-electron chi connectivity index (χ1n) is 5.55. The van der Waals surface area contributed by atoms with Crippen molar-refractivity contribution in [2.75, 3.05) is 4.72 Å². The topological polar surface area (TPSA) is 85.1 Å². The maximum atomic E-state index is 12.3. The smallest absolute Gasteiger partial charge is 0.263 e. The van der Waals surface area contributed by atoms with Crippen LogP contribution in [-0.4, -0.2) is 13.4 Å². The highest BCUT2D eigenvalue weighted by atomic mass is 35.5. The highest BCUT2D eigenvalue weighted by molar-refractivity contribution is 7.92. The van der Waals surface area contributed by atoms with E-state index in [1.807, 2.05) is 0 Å². The molecule has 1 aromatic heterocycles. The molecule has 0 atom stereocenters. The van der Waals surface area contributed by atoms with E-state index in [9.17, 15) is 8.42 Å². The predicted molar refractivity (Wildman–Crippen MR) is 79.4 cm³/mol. The van der Waals surface area contributed by atoms with Gasteiger partial charge >= 0.3 is 0 Å². The van der Waals surface area contributed by atoms with Crippen molar-refractivity contribution in [3.05, 3.63) is 52.3 Å². The number of hydrogen-bond acceptors (Lipinski definition) is 4. The number of aromatic nitrogens is 1. The summed E-state index contributed by atoms with van der Waals surface area (Å²) < 4.78 is 27.0. The first-order chi connectivity index (χ1) is 9.45. The third-order valence-electron chi connectivity index (χ3n) is 2.58. The zero-order valence-electron chi connectivity index (χ0n) is 10.2. The second-order valence-corrected chi connectivity index (χ2v) is 6.32. The molecule has 0 aliphatic carbocycles. The van der Waals surface area contributed by atoms with Gasteiger partial charge in [-0.05, 0) is 24.3 Å². The number of nitrogens with zero attached hydrogens (tertiary/aromatic N) is 1. The van der Waals surface area contributed by atoms with E-state index in [-0.39, 0.29) is 16.5 Å². The van der Waals surface area contributed by atoms with E-state index in [1.165, 1.54) is 36.7 Å². The van der Waals surface area contributed by atoms with E-state index in [0.29, 0.717) is 16.3 Å². The van der Waals surface area contributed by atoms with E-state index >= 15 is 0 Å². The van der Waals surface area contributed by atoms with Crippen LogP contribution in [0.4, 0.5) is 5.69 Å². The van der Waals surface area contributed by atoms with Gasteiger partial charge in [0.05, 0.1) is 10.7 Å². The first kappa shape index (κ1) is 15.1. The van der Waals surface area contributed by atoms with Gasteiger partial charge in [-0.15, -0.1) is 0 Å². The van der Waals surface area contributed by atoms with Gasteiger partial charge in [-0.1, -0.05) is 23.2 Å². The fraction of sp³-hybridized carbons (Fsp3) is 0.0833. The number of nitrogens with two attached hydrogens (primary N) is 1. The van der Waals surface area contributed by atoms with Crippen molar-refractivity contribution in [1.82, 2.24) is 4.98 Å². The number of anilines is 1. The molecule has 106 valence electrons. The number of hydrogen-bond donors (Lipinski definition) is 2. The maximum absolute atomic E-state index is 12.3. The van der Waals surface area contributed by atoms with Crippen molar-refractivity contribution < 1.29 is 8.42 Å². The summed E-state index contributed by atoms with van der Waals surface area (Å²) in [6.45, 7) is 0.0519. The first-order valence-corrected chi connectivity index (χ1v) is 7.79. The zero-order chi connectivity index (χ0) is 14.8. The Kier molecular flexibility index (Phi) is 4.49. The predicted octanol–water partition coefficient (Wildman–Crippen LogP) is 2.65. The Morgan fingerprint density at radius 3 is 2.40 bits per heavy atom. The lowest BCUT2D eigenvalue weighted by atomic mass is 10.2. The van der Waals surface area contributed by atoms with Crippen LogP contribution in [0.5, 0.6) is 0 Å². The van der Waals surface area contributed by atoms with E-state index in [1.54, 1.807) is 0 Å². The highest BCUT2D eigenvalue weighted by Crippen LogP contribution is 2.31. The molecule has 3 N–H and O–H groups in total. The average Bonchev–Trinajstić information content (AvgIpc) is 2.39. The van der Waals surface area contributed by atoms with Gasteiger partial charge in [0.25, 0.3) is 10.0 Å². The van der Waals surface area contributed by atoms with Crippen LogP contribution in [0.1, 0.15) is 5.56 Å². The van der Waals surface area contributed by atoms with Gasteiger partial charge in [-0.25, -0.2) is 8.42 Å². The van der Waals surface area contributed by atoms with Crippen LogP contribution in [0, 0.1) is 0 Å². The molecule has 8 heteroatoms. The molecule has 0 saturated carbocycles. The van der Waals surface area contributed by atoms with Gasteiger partial charge in [0, 0.05) is 29.5 Å². The Balaban J connectivity index is 2.45. The largest absolute Gasteiger partial charge is 0.326 e. The number of halogens is 2. The number of nitrogens with one attached hydrogen (secondary N) is 1. The van der Waals surface area contributed by atoms with E-state index in [4.69, 9.17) is 28.9 Å². The second-order valence-electron chi connectivity index (χ2n) is 3.88.